The Hall–Kier alpha value is -2.68. The minimum Gasteiger partial charge on any atom is -0.497 e. The van der Waals surface area contributed by atoms with Gasteiger partial charge in [-0.15, -0.1) is 10.2 Å². The van der Waals surface area contributed by atoms with Crippen LogP contribution in [0.15, 0.2) is 52.1 Å². The molecule has 1 unspecified atom stereocenters. The van der Waals surface area contributed by atoms with Crippen molar-refractivity contribution in [3.8, 4) is 23.0 Å². The molecule has 0 saturated heterocycles. The van der Waals surface area contributed by atoms with Gasteiger partial charge in [-0.1, -0.05) is 23.9 Å². The highest BCUT2D eigenvalue weighted by molar-refractivity contribution is 7.99. The molecule has 1 aromatic heterocycles. The number of hydrogen-bond donors (Lipinski definition) is 0. The SMILES string of the molecule is COc1cc(OC)cc(-c2nnc(SC(C)c3ccc(C(F)(F)F)cc3)o2)c1. The molecule has 9 heteroatoms. The van der Waals surface area contributed by atoms with E-state index in [1.54, 1.807) is 32.4 Å². The van der Waals surface area contributed by atoms with Gasteiger partial charge in [-0.25, -0.2) is 0 Å². The molecule has 2 aromatic carbocycles. The van der Waals surface area contributed by atoms with Gasteiger partial charge >= 0.3 is 6.18 Å². The van der Waals surface area contributed by atoms with Gasteiger partial charge in [-0.2, -0.15) is 13.2 Å². The second-order valence-corrected chi connectivity index (χ2v) is 7.15. The molecule has 0 aliphatic carbocycles. The maximum absolute atomic E-state index is 12.7. The normalized spacial score (nSPS) is 12.6. The summed E-state index contributed by atoms with van der Waals surface area (Å²) in [7, 11) is 3.08. The Labute approximate surface area is 163 Å². The standard InChI is InChI=1S/C19H17F3N2O3S/c1-11(12-4-6-14(7-5-12)19(20,21)22)28-18-24-23-17(27-18)13-8-15(25-2)10-16(9-13)26-3/h4-11H,1-3H3. The summed E-state index contributed by atoms with van der Waals surface area (Å²) in [6.45, 7) is 1.85. The van der Waals surface area contributed by atoms with Crippen molar-refractivity contribution in [1.29, 1.82) is 0 Å². The molecule has 0 bridgehead atoms. The Morgan fingerprint density at radius 2 is 1.57 bits per heavy atom. The Bertz CT molecular complexity index is 920. The molecule has 0 saturated carbocycles. The zero-order valence-corrected chi connectivity index (χ0v) is 16.1. The predicted molar refractivity (Wildman–Crippen MR) is 98.6 cm³/mol. The highest BCUT2D eigenvalue weighted by Gasteiger charge is 2.30. The number of aromatic nitrogens is 2. The van der Waals surface area contributed by atoms with Gasteiger partial charge in [0.05, 0.1) is 19.8 Å². The first-order valence-corrected chi connectivity index (χ1v) is 9.09. The molecule has 3 aromatic rings. The number of halogens is 3. The van der Waals surface area contributed by atoms with E-state index in [-0.39, 0.29) is 5.25 Å². The number of methoxy groups -OCH3 is 2. The fourth-order valence-corrected chi connectivity index (χ4v) is 3.28. The third-order valence-corrected chi connectivity index (χ3v) is 4.98. The molecule has 1 heterocycles. The van der Waals surface area contributed by atoms with Crippen molar-refractivity contribution in [3.05, 3.63) is 53.6 Å². The Morgan fingerprint density at radius 3 is 2.11 bits per heavy atom. The molecule has 0 aliphatic rings. The average Bonchev–Trinajstić information content (AvgIpc) is 3.15. The van der Waals surface area contributed by atoms with E-state index < -0.39 is 11.7 Å². The van der Waals surface area contributed by atoms with E-state index in [1.807, 2.05) is 6.92 Å². The van der Waals surface area contributed by atoms with Crippen LogP contribution in [0.4, 0.5) is 13.2 Å². The molecule has 0 radical (unpaired) electrons. The van der Waals surface area contributed by atoms with Crippen LogP contribution in [0.25, 0.3) is 11.5 Å². The van der Waals surface area contributed by atoms with Crippen molar-refractivity contribution < 1.29 is 27.1 Å². The number of hydrogen-bond acceptors (Lipinski definition) is 6. The van der Waals surface area contributed by atoms with Crippen molar-refractivity contribution >= 4 is 11.8 Å². The van der Waals surface area contributed by atoms with Crippen LogP contribution in [0.3, 0.4) is 0 Å². The number of thioether (sulfide) groups is 1. The van der Waals surface area contributed by atoms with E-state index in [0.29, 0.717) is 28.2 Å². The van der Waals surface area contributed by atoms with Crippen molar-refractivity contribution in [2.24, 2.45) is 0 Å². The Kier molecular flexibility index (Phi) is 5.83. The topological polar surface area (TPSA) is 57.4 Å². The highest BCUT2D eigenvalue weighted by Crippen LogP contribution is 2.37. The largest absolute Gasteiger partial charge is 0.497 e. The van der Waals surface area contributed by atoms with Crippen LogP contribution in [-0.4, -0.2) is 24.4 Å². The van der Waals surface area contributed by atoms with E-state index >= 15 is 0 Å². The summed E-state index contributed by atoms with van der Waals surface area (Å²) < 4.78 is 54.2. The quantitative estimate of drug-likeness (QED) is 0.491. The molecule has 3 rings (SSSR count). The number of ether oxygens (including phenoxy) is 2. The molecule has 0 spiro atoms. The fourth-order valence-electron chi connectivity index (χ4n) is 2.47. The van der Waals surface area contributed by atoms with E-state index in [9.17, 15) is 13.2 Å². The second kappa shape index (κ2) is 8.14. The summed E-state index contributed by atoms with van der Waals surface area (Å²) in [5.41, 5.74) is 0.680. The van der Waals surface area contributed by atoms with Gasteiger partial charge in [0.2, 0.25) is 5.89 Å². The van der Waals surface area contributed by atoms with E-state index in [1.165, 1.54) is 23.9 Å². The lowest BCUT2D eigenvalue weighted by atomic mass is 10.1. The van der Waals surface area contributed by atoms with Crippen LogP contribution < -0.4 is 9.47 Å². The average molecular weight is 410 g/mol. The smallest absolute Gasteiger partial charge is 0.416 e. The molecular weight excluding hydrogens is 393 g/mol. The van der Waals surface area contributed by atoms with Gasteiger partial charge in [0.1, 0.15) is 11.5 Å². The molecule has 0 aliphatic heterocycles. The van der Waals surface area contributed by atoms with Crippen LogP contribution in [0.1, 0.15) is 23.3 Å². The van der Waals surface area contributed by atoms with Crippen molar-refractivity contribution in [1.82, 2.24) is 10.2 Å². The Morgan fingerprint density at radius 1 is 0.964 bits per heavy atom. The second-order valence-electron chi connectivity index (χ2n) is 5.85. The zero-order chi connectivity index (χ0) is 20.3. The first-order chi connectivity index (χ1) is 13.3. The van der Waals surface area contributed by atoms with Crippen molar-refractivity contribution in [2.45, 2.75) is 23.6 Å². The predicted octanol–water partition coefficient (Wildman–Crippen LogP) is 5.63. The summed E-state index contributed by atoms with van der Waals surface area (Å²) in [6.07, 6.45) is -4.35. The number of rotatable bonds is 6. The van der Waals surface area contributed by atoms with Gasteiger partial charge in [0.25, 0.3) is 5.22 Å². The summed E-state index contributed by atoms with van der Waals surface area (Å²) in [5, 5.41) is 8.18. The van der Waals surface area contributed by atoms with Crippen molar-refractivity contribution in [2.75, 3.05) is 14.2 Å². The van der Waals surface area contributed by atoms with Gasteiger partial charge in [-0.3, -0.25) is 0 Å². The minimum atomic E-state index is -4.35. The van der Waals surface area contributed by atoms with Gasteiger partial charge < -0.3 is 13.9 Å². The van der Waals surface area contributed by atoms with E-state index in [4.69, 9.17) is 13.9 Å². The maximum Gasteiger partial charge on any atom is 0.416 e. The lowest BCUT2D eigenvalue weighted by Gasteiger charge is -2.11. The summed E-state index contributed by atoms with van der Waals surface area (Å²) >= 11 is 1.26. The number of benzene rings is 2. The third kappa shape index (κ3) is 4.59. The molecule has 28 heavy (non-hydrogen) atoms. The third-order valence-electron chi connectivity index (χ3n) is 3.99. The molecule has 0 N–H and O–H groups in total. The monoisotopic (exact) mass is 410 g/mol. The lowest BCUT2D eigenvalue weighted by molar-refractivity contribution is -0.137. The first kappa shape index (κ1) is 20.1. The Balaban J connectivity index is 1.76. The molecule has 5 nitrogen and oxygen atoms in total. The van der Waals surface area contributed by atoms with Gasteiger partial charge in [0, 0.05) is 16.9 Å². The zero-order valence-electron chi connectivity index (χ0n) is 15.3. The highest BCUT2D eigenvalue weighted by atomic mass is 32.2. The number of alkyl halides is 3. The van der Waals surface area contributed by atoms with Crippen LogP contribution in [-0.2, 0) is 6.18 Å². The van der Waals surface area contributed by atoms with Gasteiger partial charge in [-0.05, 0) is 36.8 Å². The first-order valence-electron chi connectivity index (χ1n) is 8.21. The molecule has 0 amide bonds. The molecule has 0 fully saturated rings. The lowest BCUT2D eigenvalue weighted by Crippen LogP contribution is -2.04. The summed E-state index contributed by atoms with van der Waals surface area (Å²) in [6, 6.07) is 10.2. The minimum absolute atomic E-state index is 0.171. The van der Waals surface area contributed by atoms with Crippen molar-refractivity contribution in [3.63, 3.8) is 0 Å². The van der Waals surface area contributed by atoms with Gasteiger partial charge in [0.15, 0.2) is 0 Å². The van der Waals surface area contributed by atoms with E-state index in [0.717, 1.165) is 17.7 Å². The molecule has 148 valence electrons. The van der Waals surface area contributed by atoms with Crippen LogP contribution in [0.2, 0.25) is 0 Å². The maximum atomic E-state index is 12.7. The van der Waals surface area contributed by atoms with Crippen LogP contribution >= 0.6 is 11.8 Å². The van der Waals surface area contributed by atoms with E-state index in [2.05, 4.69) is 10.2 Å². The van der Waals surface area contributed by atoms with Crippen LogP contribution in [0.5, 0.6) is 11.5 Å². The molecular formula is C19H17F3N2O3S. The summed E-state index contributed by atoms with van der Waals surface area (Å²) in [5.74, 6) is 1.46. The fraction of sp³-hybridized carbons (Fsp3) is 0.263. The molecule has 1 atom stereocenters. The summed E-state index contributed by atoms with van der Waals surface area (Å²) in [4.78, 5) is 0. The van der Waals surface area contributed by atoms with Crippen LogP contribution in [0, 0.1) is 0 Å². The number of nitrogens with zero attached hydrogens (tertiary/aromatic N) is 2.